The monoisotopic (exact) mass is 262 g/mol. The van der Waals surface area contributed by atoms with Crippen LogP contribution in [-0.2, 0) is 4.74 Å². The summed E-state index contributed by atoms with van der Waals surface area (Å²) < 4.78 is 5.44. The minimum atomic E-state index is -0.00935. The summed E-state index contributed by atoms with van der Waals surface area (Å²) in [4.78, 5) is 9.04. The Hall–Kier alpha value is -1.38. The number of nitrogens with zero attached hydrogens (tertiary/aromatic N) is 2. The summed E-state index contributed by atoms with van der Waals surface area (Å²) in [6.45, 7) is 10.6. The molecule has 19 heavy (non-hydrogen) atoms. The molecule has 1 aliphatic carbocycles. The molecule has 0 bridgehead atoms. The van der Waals surface area contributed by atoms with Crippen LogP contribution in [0.3, 0.4) is 0 Å². The molecule has 2 rings (SSSR count). The van der Waals surface area contributed by atoms with Gasteiger partial charge in [-0.15, -0.1) is 0 Å². The van der Waals surface area contributed by atoms with E-state index in [0.717, 1.165) is 23.6 Å². The molecule has 0 aromatic rings. The van der Waals surface area contributed by atoms with E-state index in [2.05, 4.69) is 31.8 Å². The van der Waals surface area contributed by atoms with Crippen LogP contribution in [0.5, 0.6) is 0 Å². The van der Waals surface area contributed by atoms with Crippen molar-refractivity contribution in [2.45, 2.75) is 46.6 Å². The van der Waals surface area contributed by atoms with E-state index in [1.54, 1.807) is 14.2 Å². The van der Waals surface area contributed by atoms with Gasteiger partial charge in [-0.25, -0.2) is 0 Å². The maximum Gasteiger partial charge on any atom is 0.146 e. The van der Waals surface area contributed by atoms with Crippen LogP contribution in [0.2, 0.25) is 0 Å². The lowest BCUT2D eigenvalue weighted by Crippen LogP contribution is -2.34. The molecule has 0 spiro atoms. The van der Waals surface area contributed by atoms with Gasteiger partial charge in [0, 0.05) is 13.1 Å². The summed E-state index contributed by atoms with van der Waals surface area (Å²) in [6, 6.07) is 0. The standard InChI is InChI=1S/C14H20N2O.C2H6/c1-9-8-14(2,3)16-13-11(9)6-10(15-4)7-12(13)17-5;1-2/h6-7,9H,8H2,1-5H3;1-2H3. The number of fused-ring (bicyclic) bond motifs is 1. The highest BCUT2D eigenvalue weighted by Gasteiger charge is 2.34. The Labute approximate surface area is 117 Å². The molecule has 1 aliphatic heterocycles. The van der Waals surface area contributed by atoms with Gasteiger partial charge in [0.2, 0.25) is 0 Å². The van der Waals surface area contributed by atoms with Gasteiger partial charge in [0.25, 0.3) is 0 Å². The van der Waals surface area contributed by atoms with Crippen molar-refractivity contribution in [1.29, 1.82) is 0 Å². The maximum atomic E-state index is 5.44. The summed E-state index contributed by atoms with van der Waals surface area (Å²) >= 11 is 0. The van der Waals surface area contributed by atoms with E-state index in [4.69, 9.17) is 9.73 Å². The molecule has 0 saturated carbocycles. The van der Waals surface area contributed by atoms with Crippen LogP contribution in [0, 0.1) is 5.92 Å². The lowest BCUT2D eigenvalue weighted by molar-refractivity contribution is 0.309. The average molecular weight is 262 g/mol. The SMILES string of the molecule is CC.CN=C1C=C(OC)C2=NC(C)(C)CC(C)C2=C1. The number of ether oxygens (including phenoxy) is 1. The van der Waals surface area contributed by atoms with Gasteiger partial charge in [0.15, 0.2) is 0 Å². The van der Waals surface area contributed by atoms with Crippen molar-refractivity contribution < 1.29 is 4.74 Å². The normalized spacial score (nSPS) is 26.4. The zero-order chi connectivity index (χ0) is 14.6. The van der Waals surface area contributed by atoms with E-state index in [1.807, 2.05) is 19.9 Å². The van der Waals surface area contributed by atoms with Crippen LogP contribution in [-0.4, -0.2) is 31.1 Å². The first-order valence-corrected chi connectivity index (χ1v) is 7.01. The Morgan fingerprint density at radius 3 is 2.47 bits per heavy atom. The maximum absolute atomic E-state index is 5.44. The topological polar surface area (TPSA) is 34.0 Å². The molecule has 0 amide bonds. The summed E-state index contributed by atoms with van der Waals surface area (Å²) in [5, 5.41) is 0. The summed E-state index contributed by atoms with van der Waals surface area (Å²) in [7, 11) is 3.49. The van der Waals surface area contributed by atoms with E-state index in [-0.39, 0.29) is 5.54 Å². The molecule has 0 aromatic carbocycles. The van der Waals surface area contributed by atoms with Crippen LogP contribution in [0.15, 0.2) is 33.5 Å². The fourth-order valence-corrected chi connectivity index (χ4v) is 2.60. The molecular weight excluding hydrogens is 236 g/mol. The first-order chi connectivity index (χ1) is 8.96. The lowest BCUT2D eigenvalue weighted by Gasteiger charge is -2.35. The highest BCUT2D eigenvalue weighted by atomic mass is 16.5. The molecular formula is C16H26N2O. The number of allylic oxidation sites excluding steroid dienone is 3. The molecule has 3 heteroatoms. The average Bonchev–Trinajstić information content (AvgIpc) is 2.39. The second-order valence-electron chi connectivity index (χ2n) is 5.34. The van der Waals surface area contributed by atoms with E-state index in [0.29, 0.717) is 5.92 Å². The van der Waals surface area contributed by atoms with Gasteiger partial charge in [0.05, 0.1) is 18.4 Å². The van der Waals surface area contributed by atoms with Crippen molar-refractivity contribution in [1.82, 2.24) is 0 Å². The second kappa shape index (κ2) is 6.18. The Morgan fingerprint density at radius 1 is 1.32 bits per heavy atom. The Balaban J connectivity index is 0.000000861. The minimum absolute atomic E-state index is 0.00935. The van der Waals surface area contributed by atoms with Crippen LogP contribution in [0.1, 0.15) is 41.0 Å². The second-order valence-corrected chi connectivity index (χ2v) is 5.34. The van der Waals surface area contributed by atoms with Crippen molar-refractivity contribution >= 4 is 11.4 Å². The predicted octanol–water partition coefficient (Wildman–Crippen LogP) is 3.81. The molecule has 1 unspecified atom stereocenters. The Bertz CT molecular complexity index is 453. The van der Waals surface area contributed by atoms with E-state index in [9.17, 15) is 0 Å². The fourth-order valence-electron chi connectivity index (χ4n) is 2.60. The van der Waals surface area contributed by atoms with Gasteiger partial charge in [-0.3, -0.25) is 9.98 Å². The number of rotatable bonds is 1. The van der Waals surface area contributed by atoms with Gasteiger partial charge < -0.3 is 4.74 Å². The smallest absolute Gasteiger partial charge is 0.146 e. The van der Waals surface area contributed by atoms with Crippen LogP contribution in [0.4, 0.5) is 0 Å². The third kappa shape index (κ3) is 3.34. The third-order valence-electron chi connectivity index (χ3n) is 3.32. The molecule has 1 atom stereocenters. The van der Waals surface area contributed by atoms with Crippen LogP contribution < -0.4 is 0 Å². The van der Waals surface area contributed by atoms with Gasteiger partial charge in [-0.1, -0.05) is 20.8 Å². The van der Waals surface area contributed by atoms with Gasteiger partial charge in [0.1, 0.15) is 11.5 Å². The van der Waals surface area contributed by atoms with Crippen molar-refractivity contribution in [2.75, 3.05) is 14.2 Å². The molecule has 0 aromatic heterocycles. The van der Waals surface area contributed by atoms with Gasteiger partial charge in [-0.05, 0) is 37.8 Å². The van der Waals surface area contributed by atoms with Crippen LogP contribution in [0.25, 0.3) is 0 Å². The molecule has 0 saturated heterocycles. The Kier molecular flexibility index (Phi) is 5.10. The van der Waals surface area contributed by atoms with E-state index >= 15 is 0 Å². The van der Waals surface area contributed by atoms with E-state index in [1.165, 1.54) is 5.57 Å². The highest BCUT2D eigenvalue weighted by molar-refractivity contribution is 6.23. The first kappa shape index (κ1) is 15.7. The number of hydrogen-bond donors (Lipinski definition) is 0. The van der Waals surface area contributed by atoms with Crippen molar-refractivity contribution in [3.63, 3.8) is 0 Å². The summed E-state index contributed by atoms with van der Waals surface area (Å²) in [5.74, 6) is 1.33. The highest BCUT2D eigenvalue weighted by Crippen LogP contribution is 2.35. The summed E-state index contributed by atoms with van der Waals surface area (Å²) in [6.07, 6.45) is 5.15. The molecule has 2 aliphatic rings. The first-order valence-electron chi connectivity index (χ1n) is 7.01. The molecule has 0 fully saturated rings. The van der Waals surface area contributed by atoms with Crippen molar-refractivity contribution in [2.24, 2.45) is 15.9 Å². The quantitative estimate of drug-likeness (QED) is 0.661. The minimum Gasteiger partial charge on any atom is -0.494 e. The third-order valence-corrected chi connectivity index (χ3v) is 3.32. The number of aliphatic imine (C=N–C) groups is 2. The largest absolute Gasteiger partial charge is 0.494 e. The molecule has 3 nitrogen and oxygen atoms in total. The van der Waals surface area contributed by atoms with Crippen molar-refractivity contribution in [3.8, 4) is 0 Å². The zero-order valence-corrected chi connectivity index (χ0v) is 13.2. The zero-order valence-electron chi connectivity index (χ0n) is 13.2. The van der Waals surface area contributed by atoms with Gasteiger partial charge in [-0.2, -0.15) is 0 Å². The molecule has 0 radical (unpaired) electrons. The van der Waals surface area contributed by atoms with Gasteiger partial charge >= 0.3 is 0 Å². The van der Waals surface area contributed by atoms with Crippen LogP contribution >= 0.6 is 0 Å². The van der Waals surface area contributed by atoms with E-state index < -0.39 is 0 Å². The molecule has 0 N–H and O–H groups in total. The number of methoxy groups -OCH3 is 1. The molecule has 1 heterocycles. The predicted molar refractivity (Wildman–Crippen MR) is 83.2 cm³/mol. The lowest BCUT2D eigenvalue weighted by atomic mass is 9.79. The molecule has 106 valence electrons. The van der Waals surface area contributed by atoms with Crippen molar-refractivity contribution in [3.05, 3.63) is 23.5 Å². The number of hydrogen-bond acceptors (Lipinski definition) is 3. The Morgan fingerprint density at radius 2 is 1.95 bits per heavy atom. The summed E-state index contributed by atoms with van der Waals surface area (Å²) in [5.41, 5.74) is 3.21. The fraction of sp³-hybridized carbons (Fsp3) is 0.625.